The zero-order valence-corrected chi connectivity index (χ0v) is 15.0. The van der Waals surface area contributed by atoms with E-state index in [-0.39, 0.29) is 11.8 Å². The molecule has 3 N–H and O–H groups in total. The summed E-state index contributed by atoms with van der Waals surface area (Å²) in [5.74, 6) is 0.537. The van der Waals surface area contributed by atoms with E-state index in [1.54, 1.807) is 11.1 Å². The minimum Gasteiger partial charge on any atom is -0.358 e. The molecule has 0 spiro atoms. The molecule has 146 valence electrons. The number of nitrogens with one attached hydrogen (secondary N) is 3. The van der Waals surface area contributed by atoms with Crippen LogP contribution in [0.4, 0.5) is 13.2 Å². The van der Waals surface area contributed by atoms with Crippen LogP contribution in [0.3, 0.4) is 0 Å². The molecule has 1 fully saturated rings. The molecule has 0 saturated carbocycles. The van der Waals surface area contributed by atoms with E-state index in [0.717, 1.165) is 11.1 Å². The van der Waals surface area contributed by atoms with Crippen LogP contribution in [0.1, 0.15) is 26.2 Å². The Morgan fingerprint density at radius 1 is 1.59 bits per heavy atom. The van der Waals surface area contributed by atoms with Crippen LogP contribution in [0, 0.1) is 17.4 Å². The molecule has 0 aromatic carbocycles. The zero-order valence-electron chi connectivity index (χ0n) is 15.0. The van der Waals surface area contributed by atoms with Gasteiger partial charge in [0.25, 0.3) is 0 Å². The highest BCUT2D eigenvalue weighted by atomic mass is 19.4. The van der Waals surface area contributed by atoms with E-state index in [0.29, 0.717) is 31.8 Å². The standard InChI is InChI=1S/C17H22F3N7/c1-3-22-16-12(2)8-13(4-6-24-26-25-16)14-5-7-27(10-14)15(23-11-21)9-17(18,19)20/h3-4,6,14,22,25-26H,1,5,7-10H2,2H3/b13-4+,16-12-,23-15?,24-6-. The molecule has 7 nitrogen and oxygen atoms in total. The first-order valence-corrected chi connectivity index (χ1v) is 8.41. The number of aliphatic imine (C=N–C) groups is 1. The van der Waals surface area contributed by atoms with Crippen molar-refractivity contribution in [1.29, 1.82) is 5.26 Å². The van der Waals surface area contributed by atoms with Crippen LogP contribution in [0.25, 0.3) is 0 Å². The van der Waals surface area contributed by atoms with Crippen molar-refractivity contribution in [2.75, 3.05) is 13.1 Å². The minimum absolute atomic E-state index is 0.0478. The Labute approximate surface area is 156 Å². The number of hydrogen-bond donors (Lipinski definition) is 3. The van der Waals surface area contributed by atoms with Gasteiger partial charge in [-0.05, 0) is 43.5 Å². The monoisotopic (exact) mass is 381 g/mol. The Balaban J connectivity index is 2.16. The number of allylic oxidation sites excluding steroid dienone is 2. The van der Waals surface area contributed by atoms with Crippen molar-refractivity contribution >= 4 is 12.1 Å². The summed E-state index contributed by atoms with van der Waals surface area (Å²) in [7, 11) is 0. The van der Waals surface area contributed by atoms with Crippen molar-refractivity contribution in [3.63, 3.8) is 0 Å². The molecule has 0 aromatic rings. The van der Waals surface area contributed by atoms with Crippen LogP contribution in [0.15, 0.2) is 45.9 Å². The number of likely N-dealkylation sites (tertiary alicyclic amines) is 1. The smallest absolute Gasteiger partial charge is 0.358 e. The first-order valence-electron chi connectivity index (χ1n) is 8.41. The van der Waals surface area contributed by atoms with Gasteiger partial charge in [0.1, 0.15) is 18.1 Å². The van der Waals surface area contributed by atoms with E-state index in [1.807, 2.05) is 13.0 Å². The maximum atomic E-state index is 12.8. The maximum Gasteiger partial charge on any atom is 0.396 e. The summed E-state index contributed by atoms with van der Waals surface area (Å²) in [6.45, 7) is 6.39. The van der Waals surface area contributed by atoms with Gasteiger partial charge in [-0.15, -0.1) is 0 Å². The van der Waals surface area contributed by atoms with E-state index >= 15 is 0 Å². The summed E-state index contributed by atoms with van der Waals surface area (Å²) in [5.41, 5.74) is 7.66. The lowest BCUT2D eigenvalue weighted by Crippen LogP contribution is -2.33. The number of amidine groups is 1. The van der Waals surface area contributed by atoms with Crippen molar-refractivity contribution < 1.29 is 13.2 Å². The molecule has 0 radical (unpaired) electrons. The fraction of sp³-hybridized carbons (Fsp3) is 0.471. The van der Waals surface area contributed by atoms with E-state index in [1.165, 1.54) is 12.4 Å². The fourth-order valence-corrected chi connectivity index (χ4v) is 3.12. The van der Waals surface area contributed by atoms with Crippen LogP contribution >= 0.6 is 0 Å². The summed E-state index contributed by atoms with van der Waals surface area (Å²) in [5, 5.41) is 15.7. The molecule has 2 rings (SSSR count). The Kier molecular flexibility index (Phi) is 6.87. The van der Waals surface area contributed by atoms with E-state index < -0.39 is 12.6 Å². The minimum atomic E-state index is -4.40. The third kappa shape index (κ3) is 6.06. The third-order valence-electron chi connectivity index (χ3n) is 4.37. The summed E-state index contributed by atoms with van der Waals surface area (Å²) < 4.78 is 38.3. The first kappa shape index (κ1) is 20.4. The molecule has 1 atom stereocenters. The van der Waals surface area contributed by atoms with E-state index in [2.05, 4.69) is 33.0 Å². The van der Waals surface area contributed by atoms with Crippen molar-refractivity contribution in [3.05, 3.63) is 35.8 Å². The molecule has 2 aliphatic rings. The first-order chi connectivity index (χ1) is 12.8. The van der Waals surface area contributed by atoms with Crippen LogP contribution in [-0.4, -0.2) is 36.2 Å². The lowest BCUT2D eigenvalue weighted by Gasteiger charge is -2.22. The van der Waals surface area contributed by atoms with Gasteiger partial charge in [0.2, 0.25) is 6.19 Å². The van der Waals surface area contributed by atoms with Gasteiger partial charge in [-0.2, -0.15) is 28.5 Å². The van der Waals surface area contributed by atoms with Gasteiger partial charge in [0, 0.05) is 19.3 Å². The van der Waals surface area contributed by atoms with Crippen LogP contribution in [0.5, 0.6) is 0 Å². The summed E-state index contributed by atoms with van der Waals surface area (Å²) in [6, 6.07) is 0. The van der Waals surface area contributed by atoms with Gasteiger partial charge in [0.05, 0.1) is 0 Å². The third-order valence-corrected chi connectivity index (χ3v) is 4.37. The van der Waals surface area contributed by atoms with Gasteiger partial charge in [-0.1, -0.05) is 12.2 Å². The lowest BCUT2D eigenvalue weighted by molar-refractivity contribution is -0.122. The zero-order chi connectivity index (χ0) is 19.9. The number of halogens is 3. The average Bonchev–Trinajstić information content (AvgIpc) is 3.09. The molecule has 0 bridgehead atoms. The Morgan fingerprint density at radius 3 is 3.04 bits per heavy atom. The molecule has 10 heteroatoms. The molecule has 27 heavy (non-hydrogen) atoms. The average molecular weight is 381 g/mol. The summed E-state index contributed by atoms with van der Waals surface area (Å²) >= 11 is 0. The largest absolute Gasteiger partial charge is 0.396 e. The van der Waals surface area contributed by atoms with Crippen LogP contribution in [-0.2, 0) is 0 Å². The molecule has 0 aromatic heterocycles. The van der Waals surface area contributed by atoms with Gasteiger partial charge in [0.15, 0.2) is 0 Å². The topological polar surface area (TPSA) is 87.8 Å². The number of hydrazine groups is 1. The summed E-state index contributed by atoms with van der Waals surface area (Å²) in [6.07, 6.45) is 2.20. The van der Waals surface area contributed by atoms with Crippen molar-refractivity contribution in [1.82, 2.24) is 21.2 Å². The number of rotatable bonds is 4. The van der Waals surface area contributed by atoms with Gasteiger partial charge >= 0.3 is 6.18 Å². The molecule has 1 unspecified atom stereocenters. The predicted molar refractivity (Wildman–Crippen MR) is 96.9 cm³/mol. The molecule has 2 heterocycles. The number of nitrogens with zero attached hydrogens (tertiary/aromatic N) is 4. The van der Waals surface area contributed by atoms with E-state index in [9.17, 15) is 13.2 Å². The lowest BCUT2D eigenvalue weighted by atomic mass is 9.92. The van der Waals surface area contributed by atoms with E-state index in [4.69, 9.17) is 5.26 Å². The molecule has 0 amide bonds. The molecule has 2 aliphatic heterocycles. The molecular formula is C17H22F3N7. The molecule has 1 saturated heterocycles. The Morgan fingerprint density at radius 2 is 2.37 bits per heavy atom. The van der Waals surface area contributed by atoms with Crippen molar-refractivity contribution in [2.24, 2.45) is 16.0 Å². The van der Waals surface area contributed by atoms with Gasteiger partial charge < -0.3 is 10.2 Å². The predicted octanol–water partition coefficient (Wildman–Crippen LogP) is 2.51. The second-order valence-electron chi connectivity index (χ2n) is 6.29. The van der Waals surface area contributed by atoms with Crippen LogP contribution in [0.2, 0.25) is 0 Å². The van der Waals surface area contributed by atoms with Crippen molar-refractivity contribution in [2.45, 2.75) is 32.4 Å². The SMILES string of the molecule is C=CN/C1=C(\C)C/C(C2CCN(C(CC(F)(F)F)=NC#N)C2)=C\C=N/NN1. The molecule has 0 aliphatic carbocycles. The number of nitriles is 1. The highest BCUT2D eigenvalue weighted by Crippen LogP contribution is 2.31. The highest BCUT2D eigenvalue weighted by molar-refractivity contribution is 5.84. The second kappa shape index (κ2) is 9.12. The number of alkyl halides is 3. The Bertz CT molecular complexity index is 713. The van der Waals surface area contributed by atoms with Crippen molar-refractivity contribution in [3.8, 4) is 6.19 Å². The number of hydrogen-bond acceptors (Lipinski definition) is 6. The maximum absolute atomic E-state index is 12.8. The van der Waals surface area contributed by atoms with Gasteiger partial charge in [-0.25, -0.2) is 5.53 Å². The quantitative estimate of drug-likeness (QED) is 0.396. The normalized spacial score (nSPS) is 27.1. The highest BCUT2D eigenvalue weighted by Gasteiger charge is 2.35. The van der Waals surface area contributed by atoms with Crippen LogP contribution < -0.4 is 16.3 Å². The Hall–Kier alpha value is -2.96. The second-order valence-corrected chi connectivity index (χ2v) is 6.29. The molecular weight excluding hydrogens is 359 g/mol. The number of hydrazone groups is 1. The van der Waals surface area contributed by atoms with Gasteiger partial charge in [-0.3, -0.25) is 5.43 Å². The summed E-state index contributed by atoms with van der Waals surface area (Å²) in [4.78, 5) is 4.95. The fourth-order valence-electron chi connectivity index (χ4n) is 3.12.